The summed E-state index contributed by atoms with van der Waals surface area (Å²) in [6.45, 7) is 0.918. The first-order valence-corrected chi connectivity index (χ1v) is 10.4. The summed E-state index contributed by atoms with van der Waals surface area (Å²) < 4.78 is 4.98. The van der Waals surface area contributed by atoms with Gasteiger partial charge in [0.1, 0.15) is 0 Å². The van der Waals surface area contributed by atoms with Gasteiger partial charge in [0.15, 0.2) is 5.06 Å². The number of rotatable bonds is 5. The van der Waals surface area contributed by atoms with Gasteiger partial charge in [-0.1, -0.05) is 41.3 Å². The maximum atomic E-state index is 12.4. The maximum absolute atomic E-state index is 12.4. The van der Waals surface area contributed by atoms with Crippen molar-refractivity contribution in [1.82, 2.24) is 5.32 Å². The number of methoxy groups -OCH3 is 1. The van der Waals surface area contributed by atoms with E-state index < -0.39 is 0 Å². The van der Waals surface area contributed by atoms with Crippen molar-refractivity contribution in [1.29, 1.82) is 0 Å². The van der Waals surface area contributed by atoms with Crippen LogP contribution in [0, 0.1) is 0 Å². The molecule has 0 atom stereocenters. The Morgan fingerprint density at radius 2 is 2.00 bits per heavy atom. The van der Waals surface area contributed by atoms with Crippen molar-refractivity contribution < 1.29 is 14.6 Å². The Morgan fingerprint density at radius 1 is 1.14 bits per heavy atom. The first kappa shape index (κ1) is 18.7. The highest BCUT2D eigenvalue weighted by molar-refractivity contribution is 7.99. The predicted molar refractivity (Wildman–Crippen MR) is 112 cm³/mol. The Bertz CT molecular complexity index is 1060. The quantitative estimate of drug-likeness (QED) is 0.477. The number of carbonyl (C=O) groups excluding carboxylic acids is 1. The van der Waals surface area contributed by atoms with E-state index in [0.717, 1.165) is 31.6 Å². The molecule has 2 heterocycles. The molecule has 2 aromatic carbocycles. The van der Waals surface area contributed by atoms with Crippen LogP contribution in [0.5, 0.6) is 5.06 Å². The molecule has 0 saturated carbocycles. The Labute approximate surface area is 171 Å². The number of aliphatic imine (C=N–C) groups is 1. The molecular weight excluding hydrogens is 392 g/mol. The summed E-state index contributed by atoms with van der Waals surface area (Å²) in [7, 11) is 1.60. The average molecular weight is 411 g/mol. The summed E-state index contributed by atoms with van der Waals surface area (Å²) in [5.74, 6) is -0.155. The molecule has 28 heavy (non-hydrogen) atoms. The van der Waals surface area contributed by atoms with Crippen molar-refractivity contribution in [2.45, 2.75) is 9.79 Å². The molecule has 142 valence electrons. The first-order chi connectivity index (χ1) is 13.7. The highest BCUT2D eigenvalue weighted by Gasteiger charge is 2.21. The predicted octanol–water partition coefficient (Wildman–Crippen LogP) is 4.46. The number of benzene rings is 2. The molecule has 0 bridgehead atoms. The van der Waals surface area contributed by atoms with Crippen molar-refractivity contribution >= 4 is 40.4 Å². The van der Waals surface area contributed by atoms with Crippen molar-refractivity contribution in [2.24, 2.45) is 4.99 Å². The second kappa shape index (κ2) is 8.18. The molecule has 5 nitrogen and oxygen atoms in total. The number of carbonyl (C=O) groups is 1. The van der Waals surface area contributed by atoms with Crippen molar-refractivity contribution in [3.05, 3.63) is 70.6 Å². The van der Waals surface area contributed by atoms with Crippen LogP contribution in [0.4, 0.5) is 5.69 Å². The van der Waals surface area contributed by atoms with E-state index in [1.807, 2.05) is 42.5 Å². The SMILES string of the molecule is COCCNC(=O)c1ccc2c(c1)N=C(c1ccc(O)s1)c1ccccc1S2. The standard InChI is InChI=1S/C21H18N2O3S2/c1-26-11-10-22-21(25)13-6-7-17-15(12-13)23-20(18-8-9-19(24)28-18)14-4-2-3-5-16(14)27-17/h2-9,12,24H,10-11H2,1H3,(H,22,25). The molecule has 7 heteroatoms. The topological polar surface area (TPSA) is 70.9 Å². The van der Waals surface area contributed by atoms with Gasteiger partial charge in [0, 0.05) is 34.6 Å². The molecule has 1 aliphatic heterocycles. The molecule has 0 unspecified atom stereocenters. The van der Waals surface area contributed by atoms with E-state index in [2.05, 4.69) is 11.4 Å². The molecule has 0 saturated heterocycles. The number of nitrogens with one attached hydrogen (secondary N) is 1. The van der Waals surface area contributed by atoms with Crippen LogP contribution in [0.1, 0.15) is 20.8 Å². The number of ether oxygens (including phenoxy) is 1. The van der Waals surface area contributed by atoms with Crippen LogP contribution in [-0.2, 0) is 4.74 Å². The maximum Gasteiger partial charge on any atom is 0.251 e. The number of thiophene rings is 1. The van der Waals surface area contributed by atoms with E-state index in [-0.39, 0.29) is 11.0 Å². The lowest BCUT2D eigenvalue weighted by atomic mass is 10.1. The zero-order chi connectivity index (χ0) is 19.5. The molecule has 0 fully saturated rings. The molecule has 2 N–H and O–H groups in total. The van der Waals surface area contributed by atoms with E-state index in [1.54, 1.807) is 24.9 Å². The number of nitrogens with zero attached hydrogens (tertiary/aromatic N) is 1. The van der Waals surface area contributed by atoms with E-state index in [1.165, 1.54) is 11.3 Å². The lowest BCUT2D eigenvalue weighted by molar-refractivity contribution is 0.0937. The molecule has 0 spiro atoms. The van der Waals surface area contributed by atoms with Crippen LogP contribution < -0.4 is 5.32 Å². The Balaban J connectivity index is 1.77. The molecule has 3 aromatic rings. The Kier molecular flexibility index (Phi) is 5.47. The van der Waals surface area contributed by atoms with E-state index in [4.69, 9.17) is 9.73 Å². The zero-order valence-corrected chi connectivity index (χ0v) is 16.8. The number of hydrogen-bond acceptors (Lipinski definition) is 6. The van der Waals surface area contributed by atoms with Gasteiger partial charge in [-0.3, -0.25) is 4.79 Å². The van der Waals surface area contributed by atoms with Gasteiger partial charge in [-0.15, -0.1) is 0 Å². The second-order valence-corrected chi connectivity index (χ2v) is 8.27. The van der Waals surface area contributed by atoms with Gasteiger partial charge in [0.2, 0.25) is 0 Å². The molecule has 4 rings (SSSR count). The van der Waals surface area contributed by atoms with Crippen molar-refractivity contribution in [2.75, 3.05) is 20.3 Å². The Morgan fingerprint density at radius 3 is 2.79 bits per heavy atom. The van der Waals surface area contributed by atoms with E-state index >= 15 is 0 Å². The highest BCUT2D eigenvalue weighted by Crippen LogP contribution is 2.42. The van der Waals surface area contributed by atoms with Gasteiger partial charge in [-0.2, -0.15) is 0 Å². The summed E-state index contributed by atoms with van der Waals surface area (Å²) in [5.41, 5.74) is 3.10. The summed E-state index contributed by atoms with van der Waals surface area (Å²) in [4.78, 5) is 20.3. The summed E-state index contributed by atoms with van der Waals surface area (Å²) in [6, 6.07) is 17.2. The van der Waals surface area contributed by atoms with Gasteiger partial charge >= 0.3 is 0 Å². The van der Waals surface area contributed by atoms with Crippen LogP contribution in [-0.4, -0.2) is 37.0 Å². The molecule has 0 radical (unpaired) electrons. The fraction of sp³-hybridized carbons (Fsp3) is 0.143. The van der Waals surface area contributed by atoms with Gasteiger partial charge in [-0.05, 0) is 36.4 Å². The minimum atomic E-state index is -0.155. The fourth-order valence-electron chi connectivity index (χ4n) is 2.89. The molecule has 0 aliphatic carbocycles. The van der Waals surface area contributed by atoms with Gasteiger partial charge in [-0.25, -0.2) is 4.99 Å². The smallest absolute Gasteiger partial charge is 0.251 e. The van der Waals surface area contributed by atoms with Crippen LogP contribution in [0.3, 0.4) is 0 Å². The minimum absolute atomic E-state index is 0.155. The van der Waals surface area contributed by atoms with Crippen LogP contribution >= 0.6 is 23.1 Å². The van der Waals surface area contributed by atoms with Gasteiger partial charge in [0.05, 0.1) is 22.9 Å². The molecule has 1 aromatic heterocycles. The Hall–Kier alpha value is -2.61. The van der Waals surface area contributed by atoms with Crippen molar-refractivity contribution in [3.8, 4) is 5.06 Å². The summed E-state index contributed by atoms with van der Waals surface area (Å²) in [6.07, 6.45) is 0. The fourth-order valence-corrected chi connectivity index (χ4v) is 4.65. The lowest BCUT2D eigenvalue weighted by Gasteiger charge is -2.08. The average Bonchev–Trinajstić information content (AvgIpc) is 3.06. The van der Waals surface area contributed by atoms with Crippen molar-refractivity contribution in [3.63, 3.8) is 0 Å². The lowest BCUT2D eigenvalue weighted by Crippen LogP contribution is -2.26. The largest absolute Gasteiger partial charge is 0.499 e. The molecule has 1 aliphatic rings. The van der Waals surface area contributed by atoms with Gasteiger partial charge in [0.25, 0.3) is 5.91 Å². The number of fused-ring (bicyclic) bond motifs is 2. The molecule has 1 amide bonds. The van der Waals surface area contributed by atoms with Crippen LogP contribution in [0.15, 0.2) is 69.4 Å². The van der Waals surface area contributed by atoms with Crippen LogP contribution in [0.2, 0.25) is 0 Å². The van der Waals surface area contributed by atoms with E-state index in [9.17, 15) is 9.90 Å². The third-order valence-electron chi connectivity index (χ3n) is 4.23. The monoisotopic (exact) mass is 410 g/mol. The molecular formula is C21H18N2O3S2. The normalized spacial score (nSPS) is 12.5. The van der Waals surface area contributed by atoms with Crippen LogP contribution in [0.25, 0.3) is 0 Å². The number of hydrogen-bond donors (Lipinski definition) is 2. The zero-order valence-electron chi connectivity index (χ0n) is 15.1. The number of aromatic hydroxyl groups is 1. The second-order valence-electron chi connectivity index (χ2n) is 6.13. The first-order valence-electron chi connectivity index (χ1n) is 8.72. The summed E-state index contributed by atoms with van der Waals surface area (Å²) in [5, 5.41) is 12.9. The van der Waals surface area contributed by atoms with Gasteiger partial charge < -0.3 is 15.2 Å². The van der Waals surface area contributed by atoms with E-state index in [0.29, 0.717) is 18.7 Å². The highest BCUT2D eigenvalue weighted by atomic mass is 32.2. The third-order valence-corrected chi connectivity index (χ3v) is 6.27. The number of amides is 1. The third kappa shape index (κ3) is 3.82. The summed E-state index contributed by atoms with van der Waals surface area (Å²) >= 11 is 2.91. The minimum Gasteiger partial charge on any atom is -0.499 e.